The number of benzene rings is 2. The summed E-state index contributed by atoms with van der Waals surface area (Å²) in [6.45, 7) is 6.98. The zero-order chi connectivity index (χ0) is 15.6. The SMILES string of the molecule is CCOCc1ccccc1CCc1ccccc1COCC. The van der Waals surface area contributed by atoms with Crippen molar-refractivity contribution in [1.29, 1.82) is 0 Å². The summed E-state index contributed by atoms with van der Waals surface area (Å²) >= 11 is 0. The van der Waals surface area contributed by atoms with Gasteiger partial charge in [-0.3, -0.25) is 0 Å². The molecule has 0 spiro atoms. The van der Waals surface area contributed by atoms with E-state index in [1.165, 1.54) is 22.3 Å². The van der Waals surface area contributed by atoms with E-state index in [4.69, 9.17) is 9.47 Å². The Bertz CT molecular complexity index is 512. The van der Waals surface area contributed by atoms with Crippen molar-refractivity contribution in [2.24, 2.45) is 0 Å². The predicted octanol–water partition coefficient (Wildman–Crippen LogP) is 4.54. The van der Waals surface area contributed by atoms with Gasteiger partial charge in [0.05, 0.1) is 13.2 Å². The first-order valence-corrected chi connectivity index (χ1v) is 8.14. The molecule has 0 fully saturated rings. The maximum Gasteiger partial charge on any atom is 0.0719 e. The monoisotopic (exact) mass is 298 g/mol. The third-order valence-electron chi connectivity index (χ3n) is 3.82. The molecule has 2 aromatic carbocycles. The van der Waals surface area contributed by atoms with E-state index in [1.54, 1.807) is 0 Å². The van der Waals surface area contributed by atoms with Crippen molar-refractivity contribution >= 4 is 0 Å². The Hall–Kier alpha value is -1.64. The molecular weight excluding hydrogens is 272 g/mol. The lowest BCUT2D eigenvalue weighted by Crippen LogP contribution is -2.02. The molecule has 0 radical (unpaired) electrons. The second-order valence-electron chi connectivity index (χ2n) is 5.31. The van der Waals surface area contributed by atoms with Gasteiger partial charge in [0, 0.05) is 13.2 Å². The molecule has 0 N–H and O–H groups in total. The van der Waals surface area contributed by atoms with Crippen LogP contribution in [0.2, 0.25) is 0 Å². The van der Waals surface area contributed by atoms with E-state index in [-0.39, 0.29) is 0 Å². The second kappa shape index (κ2) is 9.39. The van der Waals surface area contributed by atoms with E-state index in [9.17, 15) is 0 Å². The Morgan fingerprint density at radius 1 is 0.591 bits per heavy atom. The van der Waals surface area contributed by atoms with Crippen LogP contribution in [0.4, 0.5) is 0 Å². The van der Waals surface area contributed by atoms with Crippen molar-refractivity contribution in [2.75, 3.05) is 13.2 Å². The highest BCUT2D eigenvalue weighted by molar-refractivity contribution is 5.31. The highest BCUT2D eigenvalue weighted by Crippen LogP contribution is 2.17. The van der Waals surface area contributed by atoms with Gasteiger partial charge in [-0.05, 0) is 48.9 Å². The van der Waals surface area contributed by atoms with Crippen LogP contribution in [0.25, 0.3) is 0 Å². The molecule has 0 atom stereocenters. The molecule has 0 unspecified atom stereocenters. The van der Waals surface area contributed by atoms with Crippen LogP contribution in [0.1, 0.15) is 36.1 Å². The van der Waals surface area contributed by atoms with E-state index in [2.05, 4.69) is 48.5 Å². The number of aryl methyl sites for hydroxylation is 2. The molecule has 0 aliphatic heterocycles. The van der Waals surface area contributed by atoms with Crippen LogP contribution >= 0.6 is 0 Å². The minimum atomic E-state index is 0.702. The molecule has 118 valence electrons. The summed E-state index contributed by atoms with van der Waals surface area (Å²) in [7, 11) is 0. The summed E-state index contributed by atoms with van der Waals surface area (Å²) in [6, 6.07) is 17.1. The maximum absolute atomic E-state index is 5.57. The molecule has 2 aromatic rings. The second-order valence-corrected chi connectivity index (χ2v) is 5.31. The molecule has 0 heterocycles. The Morgan fingerprint density at radius 2 is 0.955 bits per heavy atom. The first-order chi connectivity index (χ1) is 10.8. The number of hydrogen-bond acceptors (Lipinski definition) is 2. The van der Waals surface area contributed by atoms with Gasteiger partial charge >= 0.3 is 0 Å². The largest absolute Gasteiger partial charge is 0.377 e. The van der Waals surface area contributed by atoms with Gasteiger partial charge in [0.2, 0.25) is 0 Å². The Labute approximate surface area is 134 Å². The molecular formula is C20H26O2. The van der Waals surface area contributed by atoms with Crippen molar-refractivity contribution in [3.8, 4) is 0 Å². The van der Waals surface area contributed by atoms with Gasteiger partial charge in [0.1, 0.15) is 0 Å². The molecule has 2 heteroatoms. The zero-order valence-corrected chi connectivity index (χ0v) is 13.7. The van der Waals surface area contributed by atoms with E-state index in [0.29, 0.717) is 13.2 Å². The topological polar surface area (TPSA) is 18.5 Å². The number of rotatable bonds is 9. The van der Waals surface area contributed by atoms with Crippen molar-refractivity contribution in [2.45, 2.75) is 39.9 Å². The minimum Gasteiger partial charge on any atom is -0.377 e. The molecule has 0 saturated carbocycles. The van der Waals surface area contributed by atoms with Gasteiger partial charge in [-0.25, -0.2) is 0 Å². The summed E-state index contributed by atoms with van der Waals surface area (Å²) in [5, 5.41) is 0. The molecule has 0 aliphatic rings. The van der Waals surface area contributed by atoms with Crippen molar-refractivity contribution in [3.05, 3.63) is 70.8 Å². The molecule has 0 bridgehead atoms. The van der Waals surface area contributed by atoms with Crippen LogP contribution in [0.15, 0.2) is 48.5 Å². The van der Waals surface area contributed by atoms with Gasteiger partial charge in [-0.15, -0.1) is 0 Å². The quantitative estimate of drug-likeness (QED) is 0.676. The summed E-state index contributed by atoms with van der Waals surface area (Å²) in [5.74, 6) is 0. The van der Waals surface area contributed by atoms with Crippen LogP contribution in [0.3, 0.4) is 0 Å². The zero-order valence-electron chi connectivity index (χ0n) is 13.7. The fraction of sp³-hybridized carbons (Fsp3) is 0.400. The Morgan fingerprint density at radius 3 is 1.32 bits per heavy atom. The first-order valence-electron chi connectivity index (χ1n) is 8.14. The summed E-state index contributed by atoms with van der Waals surface area (Å²) in [4.78, 5) is 0. The lowest BCUT2D eigenvalue weighted by atomic mass is 9.97. The average Bonchev–Trinajstić information content (AvgIpc) is 2.57. The smallest absolute Gasteiger partial charge is 0.0719 e. The Balaban J connectivity index is 2.04. The lowest BCUT2D eigenvalue weighted by Gasteiger charge is -2.12. The number of hydrogen-bond donors (Lipinski definition) is 0. The summed E-state index contributed by atoms with van der Waals surface area (Å²) in [5.41, 5.74) is 5.35. The molecule has 2 nitrogen and oxygen atoms in total. The molecule has 0 saturated heterocycles. The van der Waals surface area contributed by atoms with E-state index >= 15 is 0 Å². The maximum atomic E-state index is 5.57. The third-order valence-corrected chi connectivity index (χ3v) is 3.82. The lowest BCUT2D eigenvalue weighted by molar-refractivity contribution is 0.133. The van der Waals surface area contributed by atoms with E-state index in [0.717, 1.165) is 26.1 Å². The average molecular weight is 298 g/mol. The van der Waals surface area contributed by atoms with E-state index < -0.39 is 0 Å². The van der Waals surface area contributed by atoms with Gasteiger partial charge in [-0.1, -0.05) is 48.5 Å². The van der Waals surface area contributed by atoms with Crippen molar-refractivity contribution in [3.63, 3.8) is 0 Å². The normalized spacial score (nSPS) is 10.8. The van der Waals surface area contributed by atoms with Crippen LogP contribution in [0.5, 0.6) is 0 Å². The fourth-order valence-corrected chi connectivity index (χ4v) is 2.58. The summed E-state index contributed by atoms with van der Waals surface area (Å²) < 4.78 is 11.1. The highest BCUT2D eigenvalue weighted by atomic mass is 16.5. The van der Waals surface area contributed by atoms with Gasteiger partial charge in [-0.2, -0.15) is 0 Å². The van der Waals surface area contributed by atoms with Crippen LogP contribution < -0.4 is 0 Å². The predicted molar refractivity (Wildman–Crippen MR) is 91.0 cm³/mol. The van der Waals surface area contributed by atoms with Crippen molar-refractivity contribution in [1.82, 2.24) is 0 Å². The van der Waals surface area contributed by atoms with Crippen LogP contribution in [-0.2, 0) is 35.5 Å². The van der Waals surface area contributed by atoms with E-state index in [1.807, 2.05) is 13.8 Å². The molecule has 0 aromatic heterocycles. The van der Waals surface area contributed by atoms with Crippen molar-refractivity contribution < 1.29 is 9.47 Å². The van der Waals surface area contributed by atoms with Gasteiger partial charge < -0.3 is 9.47 Å². The van der Waals surface area contributed by atoms with Gasteiger partial charge in [0.15, 0.2) is 0 Å². The van der Waals surface area contributed by atoms with Crippen LogP contribution in [-0.4, -0.2) is 13.2 Å². The highest BCUT2D eigenvalue weighted by Gasteiger charge is 2.05. The van der Waals surface area contributed by atoms with Gasteiger partial charge in [0.25, 0.3) is 0 Å². The molecule has 22 heavy (non-hydrogen) atoms. The Kier molecular flexibility index (Phi) is 7.14. The molecule has 2 rings (SSSR count). The van der Waals surface area contributed by atoms with Crippen LogP contribution in [0, 0.1) is 0 Å². The number of ether oxygens (including phenoxy) is 2. The first kappa shape index (κ1) is 16.7. The fourth-order valence-electron chi connectivity index (χ4n) is 2.58. The molecule has 0 amide bonds. The summed E-state index contributed by atoms with van der Waals surface area (Å²) in [6.07, 6.45) is 2.07. The third kappa shape index (κ3) is 4.97. The molecule has 0 aliphatic carbocycles. The standard InChI is InChI=1S/C20H26O2/c1-3-21-15-19-11-7-5-9-17(19)13-14-18-10-6-8-12-20(18)16-22-4-2/h5-12H,3-4,13-16H2,1-2H3. The minimum absolute atomic E-state index is 0.702.